The van der Waals surface area contributed by atoms with Gasteiger partial charge >= 0.3 is 0 Å². The lowest BCUT2D eigenvalue weighted by molar-refractivity contribution is 0.140. The molecule has 1 aromatic carbocycles. The number of aliphatic hydroxyl groups excluding tert-OH is 1. The molecule has 1 fully saturated rings. The fourth-order valence-corrected chi connectivity index (χ4v) is 2.99. The summed E-state index contributed by atoms with van der Waals surface area (Å²) in [6.07, 6.45) is 1.41. The Balaban J connectivity index is 2.31. The van der Waals surface area contributed by atoms with E-state index in [1.807, 2.05) is 0 Å². The first-order chi connectivity index (χ1) is 7.03. The number of halogens is 3. The monoisotopic (exact) mass is 336 g/mol. The van der Waals surface area contributed by atoms with E-state index in [0.717, 1.165) is 12.8 Å². The second-order valence-electron chi connectivity index (χ2n) is 3.89. The van der Waals surface area contributed by atoms with Crippen LogP contribution in [-0.2, 0) is 3.23 Å². The van der Waals surface area contributed by atoms with E-state index in [-0.39, 0.29) is 11.7 Å². The van der Waals surface area contributed by atoms with Crippen molar-refractivity contribution in [3.05, 3.63) is 35.6 Å². The molecule has 2 rings (SSSR count). The molecule has 0 saturated heterocycles. The third-order valence-electron chi connectivity index (χ3n) is 2.67. The molecule has 0 aromatic heterocycles. The SMILES string of the molecule is OC(C1CC1)C(Br)(Br)c1ccccc1F. The molecule has 15 heavy (non-hydrogen) atoms. The van der Waals surface area contributed by atoms with E-state index in [2.05, 4.69) is 31.9 Å². The fraction of sp³-hybridized carbons (Fsp3) is 0.455. The molecule has 0 heterocycles. The van der Waals surface area contributed by atoms with Crippen LogP contribution in [0.5, 0.6) is 0 Å². The minimum absolute atomic E-state index is 0.267. The van der Waals surface area contributed by atoms with Crippen molar-refractivity contribution < 1.29 is 9.50 Å². The Morgan fingerprint density at radius 3 is 2.47 bits per heavy atom. The number of hydrogen-bond acceptors (Lipinski definition) is 1. The predicted molar refractivity (Wildman–Crippen MR) is 64.7 cm³/mol. The molecule has 4 heteroatoms. The summed E-state index contributed by atoms with van der Waals surface area (Å²) in [5.41, 5.74) is 0.449. The van der Waals surface area contributed by atoms with Crippen LogP contribution < -0.4 is 0 Å². The summed E-state index contributed by atoms with van der Waals surface area (Å²) in [5.74, 6) is -0.0469. The van der Waals surface area contributed by atoms with Gasteiger partial charge in [0.2, 0.25) is 0 Å². The van der Waals surface area contributed by atoms with Crippen LogP contribution in [0.2, 0.25) is 0 Å². The molecule has 1 saturated carbocycles. The molecule has 0 aliphatic heterocycles. The van der Waals surface area contributed by atoms with E-state index in [1.165, 1.54) is 6.07 Å². The van der Waals surface area contributed by atoms with E-state index < -0.39 is 9.34 Å². The van der Waals surface area contributed by atoms with Crippen molar-refractivity contribution in [2.24, 2.45) is 5.92 Å². The maximum absolute atomic E-state index is 13.6. The third-order valence-corrected chi connectivity index (χ3v) is 4.47. The Kier molecular flexibility index (Phi) is 3.20. The van der Waals surface area contributed by atoms with Gasteiger partial charge in [-0.05, 0) is 24.8 Å². The van der Waals surface area contributed by atoms with E-state index in [1.54, 1.807) is 18.2 Å². The van der Waals surface area contributed by atoms with Gasteiger partial charge in [-0.3, -0.25) is 0 Å². The molecular formula is C11H11Br2FO. The molecule has 1 nitrogen and oxygen atoms in total. The van der Waals surface area contributed by atoms with Crippen LogP contribution >= 0.6 is 31.9 Å². The Hall–Kier alpha value is 0.0700. The van der Waals surface area contributed by atoms with Gasteiger partial charge in [0.15, 0.2) is 0 Å². The van der Waals surface area contributed by atoms with Gasteiger partial charge in [-0.1, -0.05) is 50.1 Å². The number of hydrogen-bond donors (Lipinski definition) is 1. The maximum Gasteiger partial charge on any atom is 0.134 e. The Morgan fingerprint density at radius 1 is 1.33 bits per heavy atom. The Labute approximate surface area is 105 Å². The van der Waals surface area contributed by atoms with Crippen molar-refractivity contribution in [2.75, 3.05) is 0 Å². The average Bonchev–Trinajstić information content (AvgIpc) is 3.00. The minimum atomic E-state index is -0.869. The van der Waals surface area contributed by atoms with E-state index >= 15 is 0 Å². The Morgan fingerprint density at radius 2 is 1.93 bits per heavy atom. The van der Waals surface area contributed by atoms with Crippen LogP contribution in [0.25, 0.3) is 0 Å². The first-order valence-electron chi connectivity index (χ1n) is 4.84. The summed E-state index contributed by atoms with van der Waals surface area (Å²) in [5, 5.41) is 10.0. The topological polar surface area (TPSA) is 20.2 Å². The van der Waals surface area contributed by atoms with Crippen LogP contribution in [-0.4, -0.2) is 11.2 Å². The highest BCUT2D eigenvalue weighted by Gasteiger charge is 2.45. The van der Waals surface area contributed by atoms with Gasteiger partial charge in [0.1, 0.15) is 9.05 Å². The molecule has 0 amide bonds. The highest BCUT2D eigenvalue weighted by atomic mass is 79.9. The summed E-state index contributed by atoms with van der Waals surface area (Å²) >= 11 is 6.75. The molecule has 1 aliphatic rings. The van der Waals surface area contributed by atoms with Crippen molar-refractivity contribution in [3.8, 4) is 0 Å². The van der Waals surface area contributed by atoms with Gasteiger partial charge in [-0.15, -0.1) is 0 Å². The molecule has 1 N–H and O–H groups in total. The van der Waals surface area contributed by atoms with Crippen molar-refractivity contribution >= 4 is 31.9 Å². The van der Waals surface area contributed by atoms with E-state index in [0.29, 0.717) is 5.56 Å². The molecule has 0 bridgehead atoms. The van der Waals surface area contributed by atoms with Crippen LogP contribution in [0.15, 0.2) is 24.3 Å². The largest absolute Gasteiger partial charge is 0.390 e. The lowest BCUT2D eigenvalue weighted by Crippen LogP contribution is -2.30. The van der Waals surface area contributed by atoms with Gasteiger partial charge in [0.05, 0.1) is 6.10 Å². The number of rotatable bonds is 3. The summed E-state index contributed by atoms with van der Waals surface area (Å²) in [6, 6.07) is 6.46. The number of alkyl halides is 2. The summed E-state index contributed by atoms with van der Waals surface area (Å²) < 4.78 is 12.7. The fourth-order valence-electron chi connectivity index (χ4n) is 1.60. The van der Waals surface area contributed by atoms with Crippen LogP contribution in [0.1, 0.15) is 18.4 Å². The van der Waals surface area contributed by atoms with Crippen molar-refractivity contribution in [1.29, 1.82) is 0 Å². The first-order valence-corrected chi connectivity index (χ1v) is 6.43. The molecule has 0 radical (unpaired) electrons. The summed E-state index contributed by atoms with van der Waals surface area (Å²) in [7, 11) is 0. The molecule has 0 spiro atoms. The van der Waals surface area contributed by atoms with Gasteiger partial charge in [0.25, 0.3) is 0 Å². The summed E-state index contributed by atoms with van der Waals surface area (Å²) in [4.78, 5) is 0. The molecule has 1 atom stereocenters. The molecule has 1 aliphatic carbocycles. The van der Waals surface area contributed by atoms with Crippen LogP contribution in [0.4, 0.5) is 4.39 Å². The van der Waals surface area contributed by atoms with Gasteiger partial charge < -0.3 is 5.11 Å². The van der Waals surface area contributed by atoms with E-state index in [9.17, 15) is 9.50 Å². The standard InChI is InChI=1S/C11H11Br2FO/c12-11(13,10(15)7-5-6-7)8-3-1-2-4-9(8)14/h1-4,7,10,15H,5-6H2. The first kappa shape index (κ1) is 11.6. The van der Waals surface area contributed by atoms with Crippen molar-refractivity contribution in [2.45, 2.75) is 22.2 Å². The number of aliphatic hydroxyl groups is 1. The molecule has 82 valence electrons. The third kappa shape index (κ3) is 2.27. The zero-order chi connectivity index (χ0) is 11.1. The average molecular weight is 338 g/mol. The zero-order valence-electron chi connectivity index (χ0n) is 7.96. The van der Waals surface area contributed by atoms with Crippen molar-refractivity contribution in [1.82, 2.24) is 0 Å². The lowest BCUT2D eigenvalue weighted by Gasteiger charge is -2.27. The van der Waals surface area contributed by atoms with Gasteiger partial charge in [0, 0.05) is 5.56 Å². The second-order valence-corrected chi connectivity index (χ2v) is 7.45. The minimum Gasteiger partial charge on any atom is -0.390 e. The molecular weight excluding hydrogens is 327 g/mol. The van der Waals surface area contributed by atoms with Gasteiger partial charge in [-0.25, -0.2) is 4.39 Å². The second kappa shape index (κ2) is 4.15. The predicted octanol–water partition coefficient (Wildman–Crippen LogP) is 3.54. The van der Waals surface area contributed by atoms with E-state index in [4.69, 9.17) is 0 Å². The smallest absolute Gasteiger partial charge is 0.134 e. The maximum atomic E-state index is 13.6. The van der Waals surface area contributed by atoms with Crippen LogP contribution in [0.3, 0.4) is 0 Å². The van der Waals surface area contributed by atoms with Gasteiger partial charge in [-0.2, -0.15) is 0 Å². The Bertz CT molecular complexity index is 363. The molecule has 1 aromatic rings. The quantitative estimate of drug-likeness (QED) is 0.836. The highest BCUT2D eigenvalue weighted by Crippen LogP contribution is 2.50. The number of benzene rings is 1. The van der Waals surface area contributed by atoms with Crippen LogP contribution in [0, 0.1) is 11.7 Å². The zero-order valence-corrected chi connectivity index (χ0v) is 11.1. The lowest BCUT2D eigenvalue weighted by atomic mass is 10.0. The highest BCUT2D eigenvalue weighted by molar-refractivity contribution is 9.24. The normalized spacial score (nSPS) is 18.9. The summed E-state index contributed by atoms with van der Waals surface area (Å²) in [6.45, 7) is 0. The molecule has 1 unspecified atom stereocenters. The van der Waals surface area contributed by atoms with Crippen molar-refractivity contribution in [3.63, 3.8) is 0 Å².